The van der Waals surface area contributed by atoms with Crippen molar-refractivity contribution in [2.45, 2.75) is 25.3 Å². The van der Waals surface area contributed by atoms with Crippen LogP contribution in [0.3, 0.4) is 0 Å². The van der Waals surface area contributed by atoms with E-state index in [0.717, 1.165) is 46.7 Å². The molecule has 30 heavy (non-hydrogen) atoms. The Morgan fingerprint density at radius 2 is 1.93 bits per heavy atom. The average molecular weight is 402 g/mol. The van der Waals surface area contributed by atoms with Crippen LogP contribution in [0.1, 0.15) is 30.9 Å². The van der Waals surface area contributed by atoms with Crippen molar-refractivity contribution < 1.29 is 14.3 Å². The molecule has 2 heterocycles. The first-order valence-corrected chi connectivity index (χ1v) is 9.96. The minimum atomic E-state index is -0.382. The van der Waals surface area contributed by atoms with Crippen molar-refractivity contribution in [3.63, 3.8) is 0 Å². The average Bonchev–Trinajstić information content (AvgIpc) is 3.21. The number of para-hydroxylation sites is 1. The molecule has 0 saturated heterocycles. The van der Waals surface area contributed by atoms with Crippen LogP contribution >= 0.6 is 0 Å². The van der Waals surface area contributed by atoms with Gasteiger partial charge in [0.1, 0.15) is 17.5 Å². The van der Waals surface area contributed by atoms with Crippen LogP contribution in [0.25, 0.3) is 11.4 Å². The number of nitrogens with one attached hydrogen (secondary N) is 1. The number of ketones is 1. The number of Topliss-reactive ketones (excluding diaryl/α,β-unsaturated/α-hetero) is 1. The zero-order valence-corrected chi connectivity index (χ0v) is 16.9. The third-order valence-corrected chi connectivity index (χ3v) is 5.63. The van der Waals surface area contributed by atoms with Crippen molar-refractivity contribution >= 4 is 11.7 Å². The molecule has 1 aromatic heterocycles. The highest BCUT2D eigenvalue weighted by Crippen LogP contribution is 2.43. The number of methoxy groups -OCH3 is 2. The number of rotatable bonds is 4. The van der Waals surface area contributed by atoms with Gasteiger partial charge < -0.3 is 14.8 Å². The minimum absolute atomic E-state index is 0.142. The largest absolute Gasteiger partial charge is 0.497 e. The third-order valence-electron chi connectivity index (χ3n) is 5.63. The first-order chi connectivity index (χ1) is 14.7. The van der Waals surface area contributed by atoms with Gasteiger partial charge in [0.15, 0.2) is 11.6 Å². The van der Waals surface area contributed by atoms with E-state index >= 15 is 0 Å². The first-order valence-electron chi connectivity index (χ1n) is 9.96. The topological polar surface area (TPSA) is 78.3 Å². The van der Waals surface area contributed by atoms with Gasteiger partial charge >= 0.3 is 0 Å². The summed E-state index contributed by atoms with van der Waals surface area (Å²) < 4.78 is 12.8. The van der Waals surface area contributed by atoms with Crippen LogP contribution in [-0.4, -0.2) is 34.8 Å². The highest BCUT2D eigenvalue weighted by Gasteiger charge is 2.38. The number of allylic oxidation sites excluding steroid dienone is 2. The molecule has 2 aromatic carbocycles. The predicted octanol–water partition coefficient (Wildman–Crippen LogP) is 3.98. The van der Waals surface area contributed by atoms with Gasteiger partial charge in [-0.05, 0) is 31.0 Å². The summed E-state index contributed by atoms with van der Waals surface area (Å²) in [7, 11) is 3.27. The van der Waals surface area contributed by atoms with Gasteiger partial charge in [-0.15, -0.1) is 5.10 Å². The summed E-state index contributed by atoms with van der Waals surface area (Å²) in [6.45, 7) is 0. The SMILES string of the molecule is COc1cccc(-c2nc3n(n2)C(c2ccccc2OC)C2=C(CCCC2=O)N3)c1. The second-order valence-electron chi connectivity index (χ2n) is 7.37. The smallest absolute Gasteiger partial charge is 0.226 e. The second-order valence-corrected chi connectivity index (χ2v) is 7.37. The van der Waals surface area contributed by atoms with E-state index < -0.39 is 0 Å². The summed E-state index contributed by atoms with van der Waals surface area (Å²) in [5.74, 6) is 2.80. The van der Waals surface area contributed by atoms with Crippen LogP contribution in [-0.2, 0) is 4.79 Å². The molecule has 0 fully saturated rings. The Morgan fingerprint density at radius 1 is 1.07 bits per heavy atom. The van der Waals surface area contributed by atoms with Crippen LogP contribution in [0.5, 0.6) is 11.5 Å². The van der Waals surface area contributed by atoms with E-state index in [2.05, 4.69) is 5.32 Å². The van der Waals surface area contributed by atoms with Crippen molar-refractivity contribution in [2.75, 3.05) is 19.5 Å². The Labute approximate surface area is 174 Å². The fraction of sp³-hybridized carbons (Fsp3) is 0.261. The standard InChI is InChI=1S/C23H22N4O3/c1-29-15-8-5-7-14(13-15)22-25-23-24-17-10-6-11-18(28)20(17)21(27(23)26-22)16-9-3-4-12-19(16)30-2/h3-5,7-9,12-13,21H,6,10-11H2,1-2H3,(H,24,25,26). The number of fused-ring (bicyclic) bond motifs is 1. The van der Waals surface area contributed by atoms with Crippen LogP contribution in [0.4, 0.5) is 5.95 Å². The normalized spacial score (nSPS) is 17.8. The summed E-state index contributed by atoms with van der Waals surface area (Å²) in [4.78, 5) is 17.7. The Hall–Kier alpha value is -3.61. The molecular weight excluding hydrogens is 380 g/mol. The molecule has 7 nitrogen and oxygen atoms in total. The lowest BCUT2D eigenvalue weighted by molar-refractivity contribution is -0.116. The molecular formula is C23H22N4O3. The monoisotopic (exact) mass is 402 g/mol. The zero-order chi connectivity index (χ0) is 20.7. The molecule has 1 aliphatic carbocycles. The number of aromatic nitrogens is 3. The van der Waals surface area contributed by atoms with Crippen LogP contribution in [0, 0.1) is 0 Å². The molecule has 1 aliphatic heterocycles. The molecule has 2 aliphatic rings. The summed E-state index contributed by atoms with van der Waals surface area (Å²) in [5, 5.41) is 8.16. The number of hydrogen-bond donors (Lipinski definition) is 1. The fourth-order valence-corrected chi connectivity index (χ4v) is 4.22. The Balaban J connectivity index is 1.69. The molecule has 0 amide bonds. The van der Waals surface area contributed by atoms with Gasteiger partial charge in [0.25, 0.3) is 0 Å². The van der Waals surface area contributed by atoms with Crippen molar-refractivity contribution in [2.24, 2.45) is 0 Å². The zero-order valence-electron chi connectivity index (χ0n) is 16.9. The van der Waals surface area contributed by atoms with Gasteiger partial charge in [0.2, 0.25) is 5.95 Å². The summed E-state index contributed by atoms with van der Waals surface area (Å²) in [5.41, 5.74) is 3.42. The van der Waals surface area contributed by atoms with Gasteiger partial charge in [0, 0.05) is 28.8 Å². The number of anilines is 1. The van der Waals surface area contributed by atoms with Crippen LogP contribution in [0.2, 0.25) is 0 Å². The van der Waals surface area contributed by atoms with Crippen molar-refractivity contribution in [1.29, 1.82) is 0 Å². The summed E-state index contributed by atoms with van der Waals surface area (Å²) in [6.07, 6.45) is 2.19. The van der Waals surface area contributed by atoms with E-state index in [-0.39, 0.29) is 11.8 Å². The molecule has 3 aromatic rings. The molecule has 7 heteroatoms. The van der Waals surface area contributed by atoms with Crippen LogP contribution < -0.4 is 14.8 Å². The number of hydrogen-bond acceptors (Lipinski definition) is 6. The quantitative estimate of drug-likeness (QED) is 0.711. The Morgan fingerprint density at radius 3 is 2.77 bits per heavy atom. The van der Waals surface area contributed by atoms with Gasteiger partial charge in [0.05, 0.1) is 14.2 Å². The number of nitrogens with zero attached hydrogens (tertiary/aromatic N) is 3. The highest BCUT2D eigenvalue weighted by molar-refractivity contribution is 5.99. The van der Waals surface area contributed by atoms with Gasteiger partial charge in [-0.25, -0.2) is 4.68 Å². The molecule has 0 bridgehead atoms. The van der Waals surface area contributed by atoms with E-state index in [1.807, 2.05) is 48.5 Å². The predicted molar refractivity (Wildman–Crippen MR) is 113 cm³/mol. The molecule has 0 saturated carbocycles. The van der Waals surface area contributed by atoms with E-state index in [1.165, 1.54) is 0 Å². The number of ether oxygens (including phenoxy) is 2. The summed E-state index contributed by atoms with van der Waals surface area (Å²) >= 11 is 0. The Bertz CT molecular complexity index is 1160. The number of carbonyl (C=O) groups excluding carboxylic acids is 1. The fourth-order valence-electron chi connectivity index (χ4n) is 4.22. The lowest BCUT2D eigenvalue weighted by Crippen LogP contribution is -2.31. The molecule has 0 radical (unpaired) electrons. The molecule has 1 unspecified atom stereocenters. The van der Waals surface area contributed by atoms with E-state index in [1.54, 1.807) is 18.9 Å². The van der Waals surface area contributed by atoms with E-state index in [9.17, 15) is 4.79 Å². The van der Waals surface area contributed by atoms with Crippen molar-refractivity contribution in [3.8, 4) is 22.9 Å². The van der Waals surface area contributed by atoms with Crippen molar-refractivity contribution in [1.82, 2.24) is 14.8 Å². The lowest BCUT2D eigenvalue weighted by atomic mass is 9.85. The molecule has 0 spiro atoms. The minimum Gasteiger partial charge on any atom is -0.497 e. The third kappa shape index (κ3) is 2.94. The van der Waals surface area contributed by atoms with E-state index in [0.29, 0.717) is 18.2 Å². The van der Waals surface area contributed by atoms with E-state index in [4.69, 9.17) is 19.6 Å². The highest BCUT2D eigenvalue weighted by atomic mass is 16.5. The molecule has 5 rings (SSSR count). The number of carbonyl (C=O) groups is 1. The van der Waals surface area contributed by atoms with Gasteiger partial charge in [-0.1, -0.05) is 30.3 Å². The maximum absolute atomic E-state index is 13.0. The van der Waals surface area contributed by atoms with Gasteiger partial charge in [-0.3, -0.25) is 4.79 Å². The van der Waals surface area contributed by atoms with Gasteiger partial charge in [-0.2, -0.15) is 4.98 Å². The van der Waals surface area contributed by atoms with Crippen molar-refractivity contribution in [3.05, 3.63) is 65.4 Å². The van der Waals surface area contributed by atoms with Crippen LogP contribution in [0.15, 0.2) is 59.8 Å². The molecule has 1 N–H and O–H groups in total. The summed E-state index contributed by atoms with van der Waals surface area (Å²) in [6, 6.07) is 15.0. The maximum atomic E-state index is 13.0. The maximum Gasteiger partial charge on any atom is 0.226 e. The molecule has 1 atom stereocenters. The second kappa shape index (κ2) is 7.33. The first kappa shape index (κ1) is 18.4. The Kier molecular flexibility index (Phi) is 4.50. The number of benzene rings is 2. The molecule has 152 valence electrons. The lowest BCUT2D eigenvalue weighted by Gasteiger charge is -2.32.